The molecule has 2 aromatic heterocycles. The van der Waals surface area contributed by atoms with E-state index in [1.165, 1.54) is 6.33 Å². The molecule has 0 atom stereocenters. The molecule has 0 spiro atoms. The van der Waals surface area contributed by atoms with Gasteiger partial charge in [0, 0.05) is 29.9 Å². The van der Waals surface area contributed by atoms with Gasteiger partial charge in [-0.3, -0.25) is 15.1 Å². The number of hydrogen-bond donors (Lipinski definition) is 1. The van der Waals surface area contributed by atoms with Gasteiger partial charge in [0.2, 0.25) is 11.6 Å². The number of nitrogens with one attached hydrogen (secondary N) is 1. The van der Waals surface area contributed by atoms with E-state index in [2.05, 4.69) is 27.2 Å². The van der Waals surface area contributed by atoms with Crippen molar-refractivity contribution in [2.75, 3.05) is 23.3 Å². The molecule has 0 aliphatic carbocycles. The topological polar surface area (TPSA) is 97.1 Å². The third kappa shape index (κ3) is 3.45. The lowest BCUT2D eigenvalue weighted by Crippen LogP contribution is -2.34. The number of piperidine rings is 1. The maximum atomic E-state index is 11.9. The summed E-state index contributed by atoms with van der Waals surface area (Å²) >= 11 is 0. The summed E-state index contributed by atoms with van der Waals surface area (Å²) in [5, 5.41) is 15.9. The number of aromatic nitrogens is 3. The minimum Gasteiger partial charge on any atom is -0.351 e. The SMILES string of the molecule is Cc1ccc2c(Nc3ncnc(N4CCC(C)CC4)c3[N+](=O)[O-])cccc2n1. The highest BCUT2D eigenvalue weighted by molar-refractivity contribution is 5.94. The number of aryl methyl sites for hydroxylation is 1. The number of nitro groups is 1. The van der Waals surface area contributed by atoms with Crippen molar-refractivity contribution in [2.24, 2.45) is 5.92 Å². The number of hydrogen-bond acceptors (Lipinski definition) is 7. The molecule has 1 aliphatic heterocycles. The molecule has 144 valence electrons. The first kappa shape index (κ1) is 18.1. The van der Waals surface area contributed by atoms with E-state index in [1.807, 2.05) is 42.2 Å². The Labute approximate surface area is 162 Å². The van der Waals surface area contributed by atoms with E-state index >= 15 is 0 Å². The lowest BCUT2D eigenvalue weighted by atomic mass is 9.99. The second kappa shape index (κ2) is 7.38. The first-order valence-electron chi connectivity index (χ1n) is 9.40. The predicted molar refractivity (Wildman–Crippen MR) is 109 cm³/mol. The van der Waals surface area contributed by atoms with Gasteiger partial charge in [0.1, 0.15) is 6.33 Å². The van der Waals surface area contributed by atoms with Gasteiger partial charge in [-0.05, 0) is 49.9 Å². The van der Waals surface area contributed by atoms with Gasteiger partial charge in [-0.25, -0.2) is 9.97 Å². The maximum Gasteiger partial charge on any atom is 0.353 e. The predicted octanol–water partition coefficient (Wildman–Crippen LogP) is 4.22. The summed E-state index contributed by atoms with van der Waals surface area (Å²) in [7, 11) is 0. The molecule has 1 N–H and O–H groups in total. The van der Waals surface area contributed by atoms with Crippen molar-refractivity contribution in [2.45, 2.75) is 26.7 Å². The van der Waals surface area contributed by atoms with Gasteiger partial charge in [-0.15, -0.1) is 0 Å². The molecule has 1 fully saturated rings. The Bertz CT molecular complexity index is 1030. The molecule has 8 nitrogen and oxygen atoms in total. The van der Waals surface area contributed by atoms with Gasteiger partial charge in [0.05, 0.1) is 10.4 Å². The molecule has 0 radical (unpaired) electrons. The molecule has 0 saturated carbocycles. The Kier molecular flexibility index (Phi) is 4.77. The van der Waals surface area contributed by atoms with E-state index < -0.39 is 4.92 Å². The Morgan fingerprint density at radius 1 is 1.18 bits per heavy atom. The van der Waals surface area contributed by atoms with Gasteiger partial charge >= 0.3 is 5.69 Å². The normalized spacial score (nSPS) is 15.0. The van der Waals surface area contributed by atoms with Crippen LogP contribution in [0.2, 0.25) is 0 Å². The minimum absolute atomic E-state index is 0.0888. The van der Waals surface area contributed by atoms with Crippen LogP contribution in [0.15, 0.2) is 36.7 Å². The maximum absolute atomic E-state index is 11.9. The van der Waals surface area contributed by atoms with Gasteiger partial charge in [0.25, 0.3) is 0 Å². The molecule has 1 aliphatic rings. The molecular weight excluding hydrogens is 356 g/mol. The summed E-state index contributed by atoms with van der Waals surface area (Å²) in [6.45, 7) is 5.65. The van der Waals surface area contributed by atoms with E-state index in [0.29, 0.717) is 11.7 Å². The zero-order valence-corrected chi connectivity index (χ0v) is 15.9. The van der Waals surface area contributed by atoms with Crippen LogP contribution < -0.4 is 10.2 Å². The highest BCUT2D eigenvalue weighted by Crippen LogP contribution is 2.36. The Morgan fingerprint density at radius 3 is 2.71 bits per heavy atom. The molecule has 3 aromatic rings. The Hall–Kier alpha value is -3.29. The number of rotatable bonds is 4. The molecule has 0 amide bonds. The molecule has 3 heterocycles. The van der Waals surface area contributed by atoms with Crippen LogP contribution in [0.1, 0.15) is 25.5 Å². The van der Waals surface area contributed by atoms with Crippen molar-refractivity contribution < 1.29 is 4.92 Å². The Morgan fingerprint density at radius 2 is 1.96 bits per heavy atom. The average molecular weight is 378 g/mol. The summed E-state index contributed by atoms with van der Waals surface area (Å²) in [6, 6.07) is 9.54. The van der Waals surface area contributed by atoms with E-state index in [-0.39, 0.29) is 11.5 Å². The van der Waals surface area contributed by atoms with Crippen molar-refractivity contribution in [1.29, 1.82) is 0 Å². The molecule has 0 unspecified atom stereocenters. The lowest BCUT2D eigenvalue weighted by Gasteiger charge is -2.30. The van der Waals surface area contributed by atoms with Crippen LogP contribution in [0, 0.1) is 23.0 Å². The molecular formula is C20H22N6O2. The van der Waals surface area contributed by atoms with Crippen LogP contribution in [0.5, 0.6) is 0 Å². The highest BCUT2D eigenvalue weighted by atomic mass is 16.6. The fraction of sp³-hybridized carbons (Fsp3) is 0.350. The van der Waals surface area contributed by atoms with Crippen LogP contribution in [0.3, 0.4) is 0 Å². The number of pyridine rings is 1. The smallest absolute Gasteiger partial charge is 0.351 e. The fourth-order valence-electron chi connectivity index (χ4n) is 3.57. The van der Waals surface area contributed by atoms with Crippen molar-refractivity contribution in [3.63, 3.8) is 0 Å². The highest BCUT2D eigenvalue weighted by Gasteiger charge is 2.29. The van der Waals surface area contributed by atoms with E-state index in [1.54, 1.807) is 0 Å². The Balaban J connectivity index is 1.74. The minimum atomic E-state index is -0.400. The van der Waals surface area contributed by atoms with Crippen molar-refractivity contribution in [3.05, 3.63) is 52.5 Å². The quantitative estimate of drug-likeness (QED) is 0.536. The zero-order chi connectivity index (χ0) is 19.7. The molecule has 8 heteroatoms. The summed E-state index contributed by atoms with van der Waals surface area (Å²) in [5.41, 5.74) is 2.38. The van der Waals surface area contributed by atoms with Gasteiger partial charge in [0.15, 0.2) is 0 Å². The summed E-state index contributed by atoms with van der Waals surface area (Å²) < 4.78 is 0. The third-order valence-corrected chi connectivity index (χ3v) is 5.19. The first-order chi connectivity index (χ1) is 13.5. The van der Waals surface area contributed by atoms with Crippen LogP contribution in [-0.4, -0.2) is 33.0 Å². The van der Waals surface area contributed by atoms with Gasteiger partial charge in [-0.2, -0.15) is 0 Å². The van der Waals surface area contributed by atoms with Crippen molar-refractivity contribution in [3.8, 4) is 0 Å². The number of fused-ring (bicyclic) bond motifs is 1. The molecule has 1 aromatic carbocycles. The second-order valence-electron chi connectivity index (χ2n) is 7.27. The van der Waals surface area contributed by atoms with Crippen molar-refractivity contribution >= 4 is 33.9 Å². The van der Waals surface area contributed by atoms with Crippen LogP contribution >= 0.6 is 0 Å². The second-order valence-corrected chi connectivity index (χ2v) is 7.27. The molecule has 1 saturated heterocycles. The zero-order valence-electron chi connectivity index (χ0n) is 15.9. The van der Waals surface area contributed by atoms with E-state index in [0.717, 1.165) is 48.2 Å². The largest absolute Gasteiger partial charge is 0.353 e. The third-order valence-electron chi connectivity index (χ3n) is 5.19. The van der Waals surface area contributed by atoms with Crippen LogP contribution in [0.25, 0.3) is 10.9 Å². The van der Waals surface area contributed by atoms with E-state index in [9.17, 15) is 10.1 Å². The van der Waals surface area contributed by atoms with Gasteiger partial charge in [-0.1, -0.05) is 13.0 Å². The summed E-state index contributed by atoms with van der Waals surface area (Å²) in [4.78, 5) is 26.4. The monoisotopic (exact) mass is 378 g/mol. The fourth-order valence-corrected chi connectivity index (χ4v) is 3.57. The van der Waals surface area contributed by atoms with Crippen molar-refractivity contribution in [1.82, 2.24) is 15.0 Å². The summed E-state index contributed by atoms with van der Waals surface area (Å²) in [5.74, 6) is 1.20. The van der Waals surface area contributed by atoms with Gasteiger partial charge < -0.3 is 10.2 Å². The average Bonchev–Trinajstić information content (AvgIpc) is 2.68. The first-order valence-corrected chi connectivity index (χ1v) is 9.40. The summed E-state index contributed by atoms with van der Waals surface area (Å²) in [6.07, 6.45) is 3.38. The van der Waals surface area contributed by atoms with E-state index in [4.69, 9.17) is 0 Å². The van der Waals surface area contributed by atoms with Crippen LogP contribution in [0.4, 0.5) is 23.0 Å². The lowest BCUT2D eigenvalue weighted by molar-refractivity contribution is -0.383. The number of anilines is 3. The van der Waals surface area contributed by atoms with Crippen LogP contribution in [-0.2, 0) is 0 Å². The molecule has 28 heavy (non-hydrogen) atoms. The molecule has 4 rings (SSSR count). The number of benzene rings is 1. The standard InChI is InChI=1S/C20H22N6O2/c1-13-8-10-25(11-9-13)20-18(26(27)28)19(21-12-22-20)24-17-5-3-4-16-15(17)7-6-14(2)23-16/h3-7,12-13H,8-11H2,1-2H3,(H,21,22,24). The molecule has 0 bridgehead atoms. The number of nitrogens with zero attached hydrogens (tertiary/aromatic N) is 5.